The summed E-state index contributed by atoms with van der Waals surface area (Å²) in [7, 11) is 0. The molecule has 0 saturated heterocycles. The fraction of sp³-hybridized carbons (Fsp3) is 0.250. The molecule has 0 fully saturated rings. The molecule has 0 bridgehead atoms. The molecule has 0 radical (unpaired) electrons. The van der Waals surface area contributed by atoms with Gasteiger partial charge in [-0.15, -0.1) is 0 Å². The van der Waals surface area contributed by atoms with Crippen molar-refractivity contribution in [1.29, 1.82) is 0 Å². The van der Waals surface area contributed by atoms with Crippen molar-refractivity contribution in [3.8, 4) is 0 Å². The molecule has 1 amide bonds. The number of dihydropyridines is 1. The van der Waals surface area contributed by atoms with E-state index >= 15 is 0 Å². The molecule has 0 aromatic heterocycles. The topological polar surface area (TPSA) is 58.2 Å². The Kier molecular flexibility index (Phi) is 5.86. The summed E-state index contributed by atoms with van der Waals surface area (Å²) in [4.78, 5) is 26.2. The minimum absolute atomic E-state index is 0.0118. The number of carbonyl (C=O) groups excluding carboxylic acids is 2. The van der Waals surface area contributed by atoms with Crippen LogP contribution in [0.4, 0.5) is 18.9 Å². The quantitative estimate of drug-likeness (QED) is 0.593. The summed E-state index contributed by atoms with van der Waals surface area (Å²) in [6.45, 7) is 1.72. The first-order valence-corrected chi connectivity index (χ1v) is 10.5. The predicted octanol–water partition coefficient (Wildman–Crippen LogP) is 5.97. The van der Waals surface area contributed by atoms with Crippen LogP contribution >= 0.6 is 11.6 Å². The zero-order valence-electron chi connectivity index (χ0n) is 17.1. The van der Waals surface area contributed by atoms with E-state index in [4.69, 9.17) is 11.6 Å². The Morgan fingerprint density at radius 1 is 1.12 bits per heavy atom. The molecule has 1 heterocycles. The van der Waals surface area contributed by atoms with Gasteiger partial charge >= 0.3 is 6.18 Å². The number of hydrogen-bond acceptors (Lipinski definition) is 3. The van der Waals surface area contributed by atoms with Crippen LogP contribution in [0.1, 0.15) is 43.2 Å². The van der Waals surface area contributed by atoms with Crippen LogP contribution in [0.5, 0.6) is 0 Å². The van der Waals surface area contributed by atoms with Crippen molar-refractivity contribution in [1.82, 2.24) is 5.32 Å². The fourth-order valence-corrected chi connectivity index (χ4v) is 4.52. The standard InChI is InChI=1S/C24H20ClF3N2O2/c1-13-20(23(32)30-15-7-4-6-14(12-15)24(26,27)28)21(16-8-2-3-9-17(16)25)22-18(29-13)10-5-11-19(22)31/h2-4,6-9,12,21,29H,5,10-11H2,1H3,(H,30,32). The van der Waals surface area contributed by atoms with Gasteiger partial charge < -0.3 is 10.6 Å². The first-order chi connectivity index (χ1) is 15.2. The highest BCUT2D eigenvalue weighted by Gasteiger charge is 2.39. The molecule has 1 aliphatic carbocycles. The second-order valence-corrected chi connectivity index (χ2v) is 8.23. The van der Waals surface area contributed by atoms with Gasteiger partial charge in [0.25, 0.3) is 5.91 Å². The summed E-state index contributed by atoms with van der Waals surface area (Å²) in [5, 5.41) is 6.15. The van der Waals surface area contributed by atoms with Gasteiger partial charge in [-0.25, -0.2) is 0 Å². The predicted molar refractivity (Wildman–Crippen MR) is 116 cm³/mol. The summed E-state index contributed by atoms with van der Waals surface area (Å²) in [5.41, 5.74) is 1.79. The molecule has 32 heavy (non-hydrogen) atoms. The number of halogens is 4. The van der Waals surface area contributed by atoms with E-state index in [1.54, 1.807) is 31.2 Å². The maximum absolute atomic E-state index is 13.3. The Labute approximate surface area is 188 Å². The van der Waals surface area contributed by atoms with Crippen molar-refractivity contribution in [3.63, 3.8) is 0 Å². The lowest BCUT2D eigenvalue weighted by Crippen LogP contribution is -2.35. The lowest BCUT2D eigenvalue weighted by Gasteiger charge is -2.34. The molecule has 2 aromatic carbocycles. The number of alkyl halides is 3. The molecule has 4 nitrogen and oxygen atoms in total. The SMILES string of the molecule is CC1=C(C(=O)Nc2cccc(C(F)(F)F)c2)C(c2ccccc2Cl)C2=C(CCCC2=O)N1. The third-order valence-electron chi connectivity index (χ3n) is 5.68. The molecule has 1 atom stereocenters. The van der Waals surface area contributed by atoms with Crippen LogP contribution in [-0.2, 0) is 15.8 Å². The number of rotatable bonds is 3. The van der Waals surface area contributed by atoms with Crippen molar-refractivity contribution in [3.05, 3.63) is 87.2 Å². The first-order valence-electron chi connectivity index (χ1n) is 10.1. The molecule has 0 spiro atoms. The largest absolute Gasteiger partial charge is 0.416 e. The van der Waals surface area contributed by atoms with Crippen LogP contribution in [0, 0.1) is 0 Å². The number of hydrogen-bond donors (Lipinski definition) is 2. The Morgan fingerprint density at radius 2 is 1.88 bits per heavy atom. The highest BCUT2D eigenvalue weighted by molar-refractivity contribution is 6.31. The van der Waals surface area contributed by atoms with Gasteiger partial charge in [0, 0.05) is 45.6 Å². The van der Waals surface area contributed by atoms with Gasteiger partial charge in [-0.1, -0.05) is 35.9 Å². The monoisotopic (exact) mass is 460 g/mol. The van der Waals surface area contributed by atoms with Gasteiger partial charge in [-0.05, 0) is 49.6 Å². The molecule has 1 unspecified atom stereocenters. The fourth-order valence-electron chi connectivity index (χ4n) is 4.28. The highest BCUT2D eigenvalue weighted by Crippen LogP contribution is 2.44. The van der Waals surface area contributed by atoms with Crippen LogP contribution in [0.3, 0.4) is 0 Å². The second-order valence-electron chi connectivity index (χ2n) is 7.82. The molecule has 8 heteroatoms. The molecule has 2 N–H and O–H groups in total. The number of amides is 1. The Morgan fingerprint density at radius 3 is 2.59 bits per heavy atom. The molecular formula is C24H20ClF3N2O2. The van der Waals surface area contributed by atoms with Crippen molar-refractivity contribution in [2.45, 2.75) is 38.3 Å². The van der Waals surface area contributed by atoms with Gasteiger partial charge in [0.15, 0.2) is 5.78 Å². The maximum Gasteiger partial charge on any atom is 0.416 e. The van der Waals surface area contributed by atoms with Crippen molar-refractivity contribution in [2.24, 2.45) is 0 Å². The zero-order valence-corrected chi connectivity index (χ0v) is 17.9. The number of benzene rings is 2. The summed E-state index contributed by atoms with van der Waals surface area (Å²) < 4.78 is 39.3. The van der Waals surface area contributed by atoms with E-state index < -0.39 is 23.6 Å². The highest BCUT2D eigenvalue weighted by atomic mass is 35.5. The minimum atomic E-state index is -4.53. The van der Waals surface area contributed by atoms with Crippen LogP contribution < -0.4 is 10.6 Å². The molecule has 4 rings (SSSR count). The van der Waals surface area contributed by atoms with Gasteiger partial charge in [0.1, 0.15) is 0 Å². The van der Waals surface area contributed by atoms with Crippen LogP contribution in [0.15, 0.2) is 71.1 Å². The number of ketones is 1. The van der Waals surface area contributed by atoms with Crippen LogP contribution in [-0.4, -0.2) is 11.7 Å². The summed E-state index contributed by atoms with van der Waals surface area (Å²) in [6.07, 6.45) is -2.79. The molecule has 166 valence electrons. The maximum atomic E-state index is 13.3. The summed E-state index contributed by atoms with van der Waals surface area (Å²) in [6, 6.07) is 11.4. The van der Waals surface area contributed by atoms with E-state index in [-0.39, 0.29) is 17.0 Å². The van der Waals surface area contributed by atoms with Crippen molar-refractivity contribution in [2.75, 3.05) is 5.32 Å². The van der Waals surface area contributed by atoms with Gasteiger partial charge in [0.05, 0.1) is 5.56 Å². The molecule has 0 saturated carbocycles. The normalized spacial score (nSPS) is 18.9. The average molecular weight is 461 g/mol. The van der Waals surface area contributed by atoms with Crippen molar-refractivity contribution < 1.29 is 22.8 Å². The van der Waals surface area contributed by atoms with E-state index in [1.165, 1.54) is 12.1 Å². The molecule has 2 aliphatic rings. The third kappa shape index (κ3) is 4.17. The molecule has 1 aliphatic heterocycles. The first kappa shape index (κ1) is 22.1. The number of Topliss-reactive ketones (excluding diaryl/α,β-unsaturated/α-hetero) is 1. The van der Waals surface area contributed by atoms with Gasteiger partial charge in [-0.2, -0.15) is 13.2 Å². The van der Waals surface area contributed by atoms with E-state index in [1.807, 2.05) is 0 Å². The number of anilines is 1. The smallest absolute Gasteiger partial charge is 0.362 e. The summed E-state index contributed by atoms with van der Waals surface area (Å²) >= 11 is 6.45. The molecule has 2 aromatic rings. The van der Waals surface area contributed by atoms with E-state index in [2.05, 4.69) is 10.6 Å². The molecular weight excluding hydrogens is 441 g/mol. The van der Waals surface area contributed by atoms with E-state index in [9.17, 15) is 22.8 Å². The van der Waals surface area contributed by atoms with E-state index in [0.29, 0.717) is 41.1 Å². The van der Waals surface area contributed by atoms with Crippen LogP contribution in [0.25, 0.3) is 0 Å². The lowest BCUT2D eigenvalue weighted by atomic mass is 9.75. The number of carbonyl (C=O) groups is 2. The van der Waals surface area contributed by atoms with Crippen LogP contribution in [0.2, 0.25) is 5.02 Å². The number of nitrogens with one attached hydrogen (secondary N) is 2. The Bertz CT molecular complexity index is 1170. The summed E-state index contributed by atoms with van der Waals surface area (Å²) in [5.74, 6) is -1.37. The number of allylic oxidation sites excluding steroid dienone is 3. The zero-order chi connectivity index (χ0) is 23.0. The second kappa shape index (κ2) is 8.47. The Balaban J connectivity index is 1.77. The Hall–Kier alpha value is -3.06. The van der Waals surface area contributed by atoms with Crippen molar-refractivity contribution >= 4 is 29.0 Å². The van der Waals surface area contributed by atoms with E-state index in [0.717, 1.165) is 17.8 Å². The third-order valence-corrected chi connectivity index (χ3v) is 6.03. The van der Waals surface area contributed by atoms with Gasteiger partial charge in [-0.3, -0.25) is 9.59 Å². The average Bonchev–Trinajstić information content (AvgIpc) is 2.73. The lowest BCUT2D eigenvalue weighted by molar-refractivity contribution is -0.137. The van der Waals surface area contributed by atoms with Gasteiger partial charge in [0.2, 0.25) is 0 Å². The minimum Gasteiger partial charge on any atom is -0.362 e.